The average Bonchev–Trinajstić information content (AvgIpc) is 3.24. The number of rotatable bonds is 1. The topological polar surface area (TPSA) is 43.1 Å². The van der Waals surface area contributed by atoms with E-state index in [0.29, 0.717) is 0 Å². The molecule has 4 aromatic carbocycles. The molecule has 0 radical (unpaired) electrons. The maximum atomic E-state index is 4.85. The molecule has 0 amide bonds. The normalized spacial score (nSPS) is 12.3. The number of hydrogen-bond donors (Lipinski definition) is 0. The lowest BCUT2D eigenvalue weighted by atomic mass is 9.95. The summed E-state index contributed by atoms with van der Waals surface area (Å²) in [5.41, 5.74) is 9.15. The predicted molar refractivity (Wildman–Crippen MR) is 140 cm³/mol. The average molecular weight is 435 g/mol. The summed E-state index contributed by atoms with van der Waals surface area (Å²) in [7, 11) is 0. The number of aromatic nitrogens is 4. The van der Waals surface area contributed by atoms with E-state index in [2.05, 4.69) is 89.1 Å². The van der Waals surface area contributed by atoms with Crippen LogP contribution >= 0.6 is 0 Å². The highest BCUT2D eigenvalue weighted by atomic mass is 14.9. The lowest BCUT2D eigenvalue weighted by molar-refractivity contribution is 1.25. The van der Waals surface area contributed by atoms with Crippen LogP contribution in [0, 0.1) is 6.92 Å². The van der Waals surface area contributed by atoms with Gasteiger partial charge in [-0.25, -0.2) is 9.97 Å². The van der Waals surface area contributed by atoms with E-state index in [0.717, 1.165) is 27.4 Å². The van der Waals surface area contributed by atoms with Crippen molar-refractivity contribution in [1.82, 2.24) is 19.4 Å². The molecule has 0 bridgehead atoms. The van der Waals surface area contributed by atoms with Crippen molar-refractivity contribution in [2.45, 2.75) is 6.92 Å². The van der Waals surface area contributed by atoms with Crippen molar-refractivity contribution in [2.75, 3.05) is 0 Å². The molecule has 0 unspecified atom stereocenters. The SMILES string of the molecule is Cc1c2ccccc2cc2c3ncnc4cc(-c5ccncc5)c5c6ccccc6n(c12)c5c43. The summed E-state index contributed by atoms with van der Waals surface area (Å²) in [6.45, 7) is 2.23. The third kappa shape index (κ3) is 2.10. The second-order valence-corrected chi connectivity index (χ2v) is 8.97. The summed E-state index contributed by atoms with van der Waals surface area (Å²) in [6, 6.07) is 26.0. The van der Waals surface area contributed by atoms with Crippen LogP contribution in [0.2, 0.25) is 0 Å². The second-order valence-electron chi connectivity index (χ2n) is 8.97. The summed E-state index contributed by atoms with van der Waals surface area (Å²) in [6.07, 6.45) is 5.41. The Morgan fingerprint density at radius 1 is 0.706 bits per heavy atom. The van der Waals surface area contributed by atoms with Crippen LogP contribution in [0.3, 0.4) is 0 Å². The Labute approximate surface area is 194 Å². The van der Waals surface area contributed by atoms with Crippen LogP contribution in [-0.4, -0.2) is 19.4 Å². The van der Waals surface area contributed by atoms with Crippen LogP contribution in [0.4, 0.5) is 0 Å². The number of hydrogen-bond acceptors (Lipinski definition) is 3. The highest BCUT2D eigenvalue weighted by Crippen LogP contribution is 2.45. The zero-order valence-electron chi connectivity index (χ0n) is 18.4. The molecule has 0 N–H and O–H groups in total. The summed E-state index contributed by atoms with van der Waals surface area (Å²) in [5.74, 6) is 0. The van der Waals surface area contributed by atoms with Crippen LogP contribution in [0.5, 0.6) is 0 Å². The minimum absolute atomic E-state index is 0.963. The molecule has 0 spiro atoms. The van der Waals surface area contributed by atoms with E-state index in [-0.39, 0.29) is 0 Å². The molecule has 4 aromatic heterocycles. The van der Waals surface area contributed by atoms with Crippen molar-refractivity contribution in [2.24, 2.45) is 0 Å². The zero-order chi connectivity index (χ0) is 22.4. The summed E-state index contributed by atoms with van der Waals surface area (Å²) in [5, 5.41) is 7.26. The van der Waals surface area contributed by atoms with Gasteiger partial charge in [0.25, 0.3) is 0 Å². The molecule has 0 atom stereocenters. The maximum absolute atomic E-state index is 4.85. The highest BCUT2D eigenvalue weighted by molar-refractivity contribution is 6.31. The fourth-order valence-electron chi connectivity index (χ4n) is 5.88. The molecular weight excluding hydrogens is 416 g/mol. The molecule has 0 saturated heterocycles. The Balaban J connectivity index is 1.78. The fraction of sp³-hybridized carbons (Fsp3) is 0.0333. The van der Waals surface area contributed by atoms with Crippen LogP contribution in [0.1, 0.15) is 5.56 Å². The van der Waals surface area contributed by atoms with E-state index in [9.17, 15) is 0 Å². The van der Waals surface area contributed by atoms with Gasteiger partial charge in [0.1, 0.15) is 6.33 Å². The standard InChI is InChI=1S/C30H18N4/c1-17-20-7-3-2-6-19(20)14-23-28-27-24(32-16-33-28)15-22(18-10-12-31-13-11-18)26-21-8-4-5-9-25(21)34(29(17)23)30(26)27/h2-16H,1H3. The zero-order valence-corrected chi connectivity index (χ0v) is 18.4. The van der Waals surface area contributed by atoms with Gasteiger partial charge in [-0.05, 0) is 64.7 Å². The van der Waals surface area contributed by atoms with Crippen LogP contribution < -0.4 is 0 Å². The molecule has 0 aliphatic heterocycles. The van der Waals surface area contributed by atoms with Gasteiger partial charge in [-0.1, -0.05) is 42.5 Å². The van der Waals surface area contributed by atoms with Crippen LogP contribution in [-0.2, 0) is 0 Å². The fourth-order valence-corrected chi connectivity index (χ4v) is 5.88. The molecule has 0 fully saturated rings. The Morgan fingerprint density at radius 3 is 2.38 bits per heavy atom. The number of aryl methyl sites for hydroxylation is 1. The monoisotopic (exact) mass is 434 g/mol. The van der Waals surface area contributed by atoms with E-state index < -0.39 is 0 Å². The largest absolute Gasteiger partial charge is 0.307 e. The lowest BCUT2D eigenvalue weighted by Gasteiger charge is -2.16. The smallest absolute Gasteiger partial charge is 0.116 e. The minimum Gasteiger partial charge on any atom is -0.307 e. The molecule has 4 heteroatoms. The van der Waals surface area contributed by atoms with E-state index in [1.807, 2.05) is 12.4 Å². The third-order valence-electron chi connectivity index (χ3n) is 7.28. The lowest BCUT2D eigenvalue weighted by Crippen LogP contribution is -1.98. The Bertz CT molecular complexity index is 2070. The highest BCUT2D eigenvalue weighted by Gasteiger charge is 2.23. The Hall–Kier alpha value is -4.57. The first-order valence-corrected chi connectivity index (χ1v) is 11.5. The Morgan fingerprint density at radius 2 is 1.50 bits per heavy atom. The molecule has 8 aromatic rings. The van der Waals surface area contributed by atoms with E-state index in [1.165, 1.54) is 49.2 Å². The van der Waals surface area contributed by atoms with Gasteiger partial charge in [0, 0.05) is 28.6 Å². The molecule has 0 aliphatic rings. The summed E-state index contributed by atoms with van der Waals surface area (Å²) < 4.78 is 2.45. The molecular formula is C30H18N4. The van der Waals surface area contributed by atoms with Crippen molar-refractivity contribution in [1.29, 1.82) is 0 Å². The Kier molecular flexibility index (Phi) is 3.30. The van der Waals surface area contributed by atoms with E-state index in [1.54, 1.807) is 6.33 Å². The maximum Gasteiger partial charge on any atom is 0.116 e. The molecule has 0 aliphatic carbocycles. The quantitative estimate of drug-likeness (QED) is 0.201. The van der Waals surface area contributed by atoms with Gasteiger partial charge >= 0.3 is 0 Å². The van der Waals surface area contributed by atoms with Gasteiger partial charge in [-0.2, -0.15) is 0 Å². The van der Waals surface area contributed by atoms with Crippen molar-refractivity contribution >= 4 is 59.9 Å². The molecule has 158 valence electrons. The molecule has 4 heterocycles. The first-order valence-electron chi connectivity index (χ1n) is 11.5. The minimum atomic E-state index is 0.963. The van der Waals surface area contributed by atoms with Crippen LogP contribution in [0.15, 0.2) is 91.5 Å². The van der Waals surface area contributed by atoms with Crippen molar-refractivity contribution in [3.63, 3.8) is 0 Å². The van der Waals surface area contributed by atoms with Gasteiger partial charge in [0.2, 0.25) is 0 Å². The van der Waals surface area contributed by atoms with Crippen molar-refractivity contribution in [3.05, 3.63) is 97.1 Å². The molecule has 0 saturated carbocycles. The summed E-state index contributed by atoms with van der Waals surface area (Å²) >= 11 is 0. The predicted octanol–water partition coefficient (Wildman–Crippen LogP) is 7.30. The number of pyridine rings is 2. The molecule has 8 rings (SSSR count). The van der Waals surface area contributed by atoms with Crippen molar-refractivity contribution in [3.8, 4) is 11.1 Å². The summed E-state index contributed by atoms with van der Waals surface area (Å²) in [4.78, 5) is 13.8. The van der Waals surface area contributed by atoms with Gasteiger partial charge < -0.3 is 4.40 Å². The number of para-hydroxylation sites is 1. The van der Waals surface area contributed by atoms with Gasteiger partial charge in [0.15, 0.2) is 0 Å². The number of fused-ring (bicyclic) bond motifs is 7. The van der Waals surface area contributed by atoms with Crippen LogP contribution in [0.25, 0.3) is 71.0 Å². The first kappa shape index (κ1) is 17.9. The van der Waals surface area contributed by atoms with E-state index >= 15 is 0 Å². The first-order chi connectivity index (χ1) is 16.8. The number of benzene rings is 4. The molecule has 34 heavy (non-hydrogen) atoms. The van der Waals surface area contributed by atoms with Gasteiger partial charge in [-0.3, -0.25) is 4.98 Å². The van der Waals surface area contributed by atoms with E-state index in [4.69, 9.17) is 9.97 Å². The second kappa shape index (κ2) is 6.27. The van der Waals surface area contributed by atoms with Crippen molar-refractivity contribution < 1.29 is 0 Å². The number of nitrogens with zero attached hydrogens (tertiary/aromatic N) is 4. The van der Waals surface area contributed by atoms with Gasteiger partial charge in [0.05, 0.1) is 33.0 Å². The van der Waals surface area contributed by atoms with Gasteiger partial charge in [-0.15, -0.1) is 0 Å². The third-order valence-corrected chi connectivity index (χ3v) is 7.28. The molecule has 4 nitrogen and oxygen atoms in total.